The van der Waals surface area contributed by atoms with Crippen molar-refractivity contribution in [3.63, 3.8) is 0 Å². The second-order valence-corrected chi connectivity index (χ2v) is 5.62. The van der Waals surface area contributed by atoms with Crippen LogP contribution in [0.1, 0.15) is 25.7 Å². The monoisotopic (exact) mass is 294 g/mol. The van der Waals surface area contributed by atoms with Crippen molar-refractivity contribution in [3.05, 3.63) is 30.1 Å². The Bertz CT molecular complexity index is 526. The Morgan fingerprint density at radius 3 is 2.43 bits per heavy atom. The van der Waals surface area contributed by atoms with Gasteiger partial charge in [0.25, 0.3) is 0 Å². The highest BCUT2D eigenvalue weighted by Gasteiger charge is 2.39. The molecule has 6 heteroatoms. The van der Waals surface area contributed by atoms with Crippen LogP contribution in [0.2, 0.25) is 0 Å². The molecule has 1 saturated carbocycles. The number of hydrogen-bond acceptors (Lipinski definition) is 2. The van der Waals surface area contributed by atoms with Crippen LogP contribution in [0.4, 0.5) is 14.9 Å². The summed E-state index contributed by atoms with van der Waals surface area (Å²) in [5.41, 5.74) is 0.264. The summed E-state index contributed by atoms with van der Waals surface area (Å²) < 4.78 is 12.9. The van der Waals surface area contributed by atoms with E-state index < -0.39 is 5.97 Å². The number of carbonyl (C=O) groups excluding carboxylic acids is 1. The summed E-state index contributed by atoms with van der Waals surface area (Å²) >= 11 is 0. The van der Waals surface area contributed by atoms with Crippen LogP contribution >= 0.6 is 0 Å². The SMILES string of the molecule is CN(C(=O)NCC1(CC(=O)O)CCC1)c1ccc(F)cc1. The Balaban J connectivity index is 1.91. The first kappa shape index (κ1) is 15.3. The molecule has 114 valence electrons. The fourth-order valence-corrected chi connectivity index (χ4v) is 2.58. The van der Waals surface area contributed by atoms with Crippen LogP contribution in [0.5, 0.6) is 0 Å². The van der Waals surface area contributed by atoms with Crippen LogP contribution in [0.25, 0.3) is 0 Å². The summed E-state index contributed by atoms with van der Waals surface area (Å²) in [6.07, 6.45) is 2.71. The van der Waals surface area contributed by atoms with Gasteiger partial charge in [0.1, 0.15) is 5.82 Å². The zero-order chi connectivity index (χ0) is 15.5. The smallest absolute Gasteiger partial charge is 0.321 e. The first-order valence-corrected chi connectivity index (χ1v) is 6.91. The van der Waals surface area contributed by atoms with E-state index in [1.807, 2.05) is 0 Å². The Morgan fingerprint density at radius 1 is 1.33 bits per heavy atom. The predicted octanol–water partition coefficient (Wildman–Crippen LogP) is 2.62. The molecule has 0 spiro atoms. The van der Waals surface area contributed by atoms with Crippen molar-refractivity contribution < 1.29 is 19.1 Å². The summed E-state index contributed by atoms with van der Waals surface area (Å²) in [6.45, 7) is 0.351. The van der Waals surface area contributed by atoms with E-state index in [2.05, 4.69) is 5.32 Å². The maximum atomic E-state index is 12.9. The van der Waals surface area contributed by atoms with E-state index in [1.165, 1.54) is 29.2 Å². The highest BCUT2D eigenvalue weighted by molar-refractivity contribution is 5.91. The van der Waals surface area contributed by atoms with Gasteiger partial charge in [-0.3, -0.25) is 9.69 Å². The number of amides is 2. The summed E-state index contributed by atoms with van der Waals surface area (Å²) in [6, 6.07) is 5.29. The molecule has 0 aromatic heterocycles. The number of rotatable bonds is 5. The molecular formula is C15H19FN2O3. The van der Waals surface area contributed by atoms with Gasteiger partial charge in [0.2, 0.25) is 0 Å². The largest absolute Gasteiger partial charge is 0.481 e. The molecule has 0 atom stereocenters. The molecule has 0 heterocycles. The lowest BCUT2D eigenvalue weighted by molar-refractivity contribution is -0.141. The number of benzene rings is 1. The molecule has 21 heavy (non-hydrogen) atoms. The number of aliphatic carboxylic acids is 1. The molecule has 2 N–H and O–H groups in total. The Morgan fingerprint density at radius 2 is 1.95 bits per heavy atom. The van der Waals surface area contributed by atoms with Gasteiger partial charge in [-0.25, -0.2) is 9.18 Å². The van der Waals surface area contributed by atoms with Crippen molar-refractivity contribution >= 4 is 17.7 Å². The minimum Gasteiger partial charge on any atom is -0.481 e. The lowest BCUT2D eigenvalue weighted by atomic mass is 9.66. The minimum atomic E-state index is -0.837. The number of carbonyl (C=O) groups is 2. The molecule has 1 fully saturated rings. The summed E-state index contributed by atoms with van der Waals surface area (Å²) in [4.78, 5) is 24.3. The second-order valence-electron chi connectivity index (χ2n) is 5.62. The third-order valence-corrected chi connectivity index (χ3v) is 4.07. The zero-order valence-electron chi connectivity index (χ0n) is 11.9. The lowest BCUT2D eigenvalue weighted by Gasteiger charge is -2.41. The third-order valence-electron chi connectivity index (χ3n) is 4.07. The lowest BCUT2D eigenvalue weighted by Crippen LogP contribution is -2.47. The minimum absolute atomic E-state index is 0.0769. The Hall–Kier alpha value is -2.11. The number of carboxylic acids is 1. The number of carboxylic acid groups (broad SMARTS) is 1. The standard InChI is InChI=1S/C15H19FN2O3/c1-18(12-5-3-11(16)4-6-12)14(21)17-10-15(7-2-8-15)9-13(19)20/h3-6H,2,7-10H2,1H3,(H,17,21)(H,19,20). The van der Waals surface area contributed by atoms with Crippen molar-refractivity contribution in [1.29, 1.82) is 0 Å². The molecule has 1 aromatic carbocycles. The second kappa shape index (κ2) is 6.11. The quantitative estimate of drug-likeness (QED) is 0.877. The number of urea groups is 1. The van der Waals surface area contributed by atoms with Gasteiger partial charge in [-0.15, -0.1) is 0 Å². The van der Waals surface area contributed by atoms with Crippen molar-refractivity contribution in [2.75, 3.05) is 18.5 Å². The fourth-order valence-electron chi connectivity index (χ4n) is 2.58. The van der Waals surface area contributed by atoms with Crippen LogP contribution < -0.4 is 10.2 Å². The van der Waals surface area contributed by atoms with Crippen molar-refractivity contribution in [1.82, 2.24) is 5.32 Å². The molecule has 5 nitrogen and oxygen atoms in total. The van der Waals surface area contributed by atoms with Gasteiger partial charge in [-0.1, -0.05) is 6.42 Å². The maximum Gasteiger partial charge on any atom is 0.321 e. The van der Waals surface area contributed by atoms with Crippen LogP contribution in [0.15, 0.2) is 24.3 Å². The van der Waals surface area contributed by atoms with Gasteiger partial charge in [0.15, 0.2) is 0 Å². The normalized spacial score (nSPS) is 15.9. The van der Waals surface area contributed by atoms with Crippen LogP contribution in [-0.2, 0) is 4.79 Å². The van der Waals surface area contributed by atoms with Crippen molar-refractivity contribution in [2.24, 2.45) is 5.41 Å². The van der Waals surface area contributed by atoms with Crippen LogP contribution in [0.3, 0.4) is 0 Å². The highest BCUT2D eigenvalue weighted by Crippen LogP contribution is 2.43. The number of halogens is 1. The molecule has 0 aliphatic heterocycles. The number of nitrogens with zero attached hydrogens (tertiary/aromatic N) is 1. The average molecular weight is 294 g/mol. The first-order valence-electron chi connectivity index (χ1n) is 6.91. The van der Waals surface area contributed by atoms with Gasteiger partial charge in [0.05, 0.1) is 6.42 Å². The van der Waals surface area contributed by atoms with E-state index in [0.29, 0.717) is 12.2 Å². The number of anilines is 1. The molecule has 1 aromatic rings. The summed E-state index contributed by atoms with van der Waals surface area (Å²) in [5, 5.41) is 11.7. The molecule has 0 saturated heterocycles. The van der Waals surface area contributed by atoms with Crippen molar-refractivity contribution in [2.45, 2.75) is 25.7 Å². The topological polar surface area (TPSA) is 69.6 Å². The third kappa shape index (κ3) is 3.71. The number of hydrogen-bond donors (Lipinski definition) is 2. The molecule has 2 rings (SSSR count). The van der Waals surface area contributed by atoms with E-state index >= 15 is 0 Å². The van der Waals surface area contributed by atoms with E-state index in [4.69, 9.17) is 5.11 Å². The zero-order valence-corrected chi connectivity index (χ0v) is 11.9. The average Bonchev–Trinajstić information content (AvgIpc) is 2.41. The molecule has 0 unspecified atom stereocenters. The van der Waals surface area contributed by atoms with Crippen LogP contribution in [-0.4, -0.2) is 30.7 Å². The first-order chi connectivity index (χ1) is 9.92. The van der Waals surface area contributed by atoms with Gasteiger partial charge in [-0.05, 0) is 42.5 Å². The van der Waals surface area contributed by atoms with E-state index in [1.54, 1.807) is 7.05 Å². The Labute approximate surface area is 122 Å². The van der Waals surface area contributed by atoms with Gasteiger partial charge in [0, 0.05) is 19.3 Å². The van der Waals surface area contributed by atoms with E-state index in [9.17, 15) is 14.0 Å². The number of nitrogens with one attached hydrogen (secondary N) is 1. The van der Waals surface area contributed by atoms with Gasteiger partial charge < -0.3 is 10.4 Å². The Kier molecular flexibility index (Phi) is 4.45. The molecule has 1 aliphatic rings. The molecule has 2 amide bonds. The summed E-state index contributed by atoms with van der Waals surface area (Å²) in [5.74, 6) is -1.20. The van der Waals surface area contributed by atoms with Gasteiger partial charge in [-0.2, -0.15) is 0 Å². The van der Waals surface area contributed by atoms with Crippen molar-refractivity contribution in [3.8, 4) is 0 Å². The molecular weight excluding hydrogens is 275 g/mol. The molecule has 0 bridgehead atoms. The van der Waals surface area contributed by atoms with Gasteiger partial charge >= 0.3 is 12.0 Å². The fraction of sp³-hybridized carbons (Fsp3) is 0.467. The van der Waals surface area contributed by atoms with Crippen LogP contribution in [0, 0.1) is 11.2 Å². The summed E-state index contributed by atoms with van der Waals surface area (Å²) in [7, 11) is 1.59. The van der Waals surface area contributed by atoms with E-state index in [0.717, 1.165) is 19.3 Å². The predicted molar refractivity (Wildman–Crippen MR) is 76.7 cm³/mol. The highest BCUT2D eigenvalue weighted by atomic mass is 19.1. The molecule has 0 radical (unpaired) electrons. The maximum absolute atomic E-state index is 12.9. The molecule has 1 aliphatic carbocycles. The van der Waals surface area contributed by atoms with E-state index in [-0.39, 0.29) is 23.7 Å².